The zero-order valence-electron chi connectivity index (χ0n) is 9.37. The standard InChI is InChI=1S/C11H15BrClN3O/c12-9-10(13)15-6-16-11(9)14-5-7-2-1-3-8(17)4-7/h6-8,17H,1-5H2,(H,14,15,16). The van der Waals surface area contributed by atoms with Crippen LogP contribution in [0, 0.1) is 5.92 Å². The monoisotopic (exact) mass is 319 g/mol. The zero-order valence-corrected chi connectivity index (χ0v) is 11.7. The van der Waals surface area contributed by atoms with Gasteiger partial charge in [-0.1, -0.05) is 18.0 Å². The average Bonchev–Trinajstić information content (AvgIpc) is 2.31. The van der Waals surface area contributed by atoms with Gasteiger partial charge in [-0.2, -0.15) is 0 Å². The molecule has 2 N–H and O–H groups in total. The topological polar surface area (TPSA) is 58.0 Å². The smallest absolute Gasteiger partial charge is 0.148 e. The first-order valence-electron chi connectivity index (χ1n) is 5.74. The van der Waals surface area contributed by atoms with Crippen LogP contribution in [0.1, 0.15) is 25.7 Å². The second-order valence-electron chi connectivity index (χ2n) is 4.39. The molecule has 0 spiro atoms. The van der Waals surface area contributed by atoms with Gasteiger partial charge in [-0.3, -0.25) is 0 Å². The molecule has 0 saturated heterocycles. The normalized spacial score (nSPS) is 24.6. The molecule has 2 atom stereocenters. The van der Waals surface area contributed by atoms with Crippen molar-refractivity contribution < 1.29 is 5.11 Å². The third-order valence-corrected chi connectivity index (χ3v) is 4.33. The molecule has 0 bridgehead atoms. The second-order valence-corrected chi connectivity index (χ2v) is 5.55. The van der Waals surface area contributed by atoms with E-state index in [0.717, 1.165) is 32.2 Å². The van der Waals surface area contributed by atoms with Gasteiger partial charge in [0.15, 0.2) is 0 Å². The van der Waals surface area contributed by atoms with E-state index in [1.54, 1.807) is 0 Å². The molecule has 0 aliphatic heterocycles. The van der Waals surface area contributed by atoms with Gasteiger partial charge in [0.05, 0.1) is 10.6 Å². The zero-order chi connectivity index (χ0) is 12.3. The molecule has 17 heavy (non-hydrogen) atoms. The van der Waals surface area contributed by atoms with Gasteiger partial charge in [-0.25, -0.2) is 9.97 Å². The molecule has 2 unspecified atom stereocenters. The molecule has 1 aliphatic rings. The maximum Gasteiger partial charge on any atom is 0.148 e. The summed E-state index contributed by atoms with van der Waals surface area (Å²) < 4.78 is 0.693. The average molecular weight is 321 g/mol. The molecule has 0 aromatic carbocycles. The number of hydrogen-bond acceptors (Lipinski definition) is 4. The van der Waals surface area contributed by atoms with Crippen LogP contribution in [0.4, 0.5) is 5.82 Å². The highest BCUT2D eigenvalue weighted by molar-refractivity contribution is 9.10. The lowest BCUT2D eigenvalue weighted by molar-refractivity contribution is 0.104. The molecule has 0 amide bonds. The fourth-order valence-corrected chi connectivity index (χ4v) is 2.64. The molecule has 2 rings (SSSR count). The summed E-state index contributed by atoms with van der Waals surface area (Å²) in [7, 11) is 0. The third-order valence-electron chi connectivity index (χ3n) is 3.06. The van der Waals surface area contributed by atoms with Crippen LogP contribution < -0.4 is 5.32 Å². The van der Waals surface area contributed by atoms with Gasteiger partial charge in [0.1, 0.15) is 17.3 Å². The largest absolute Gasteiger partial charge is 0.393 e. The predicted molar refractivity (Wildman–Crippen MR) is 71.2 cm³/mol. The number of rotatable bonds is 3. The highest BCUT2D eigenvalue weighted by Gasteiger charge is 2.20. The van der Waals surface area contributed by atoms with Crippen molar-refractivity contribution in [1.82, 2.24) is 9.97 Å². The van der Waals surface area contributed by atoms with Crippen molar-refractivity contribution in [2.24, 2.45) is 5.92 Å². The molecule has 1 aliphatic carbocycles. The first kappa shape index (κ1) is 13.1. The Balaban J connectivity index is 1.91. The summed E-state index contributed by atoms with van der Waals surface area (Å²) in [6, 6.07) is 0. The van der Waals surface area contributed by atoms with Crippen molar-refractivity contribution in [3.8, 4) is 0 Å². The number of anilines is 1. The lowest BCUT2D eigenvalue weighted by atomic mass is 9.87. The van der Waals surface area contributed by atoms with E-state index in [4.69, 9.17) is 11.6 Å². The minimum atomic E-state index is -0.145. The fourth-order valence-electron chi connectivity index (χ4n) is 2.16. The van der Waals surface area contributed by atoms with Crippen LogP contribution in [0.25, 0.3) is 0 Å². The summed E-state index contributed by atoms with van der Waals surface area (Å²) in [6.45, 7) is 0.809. The number of halogens is 2. The lowest BCUT2D eigenvalue weighted by Gasteiger charge is -2.26. The molecule has 1 aromatic heterocycles. The van der Waals surface area contributed by atoms with Crippen LogP contribution >= 0.6 is 27.5 Å². The van der Waals surface area contributed by atoms with Crippen molar-refractivity contribution in [2.45, 2.75) is 31.8 Å². The number of hydrogen-bond donors (Lipinski definition) is 2. The Morgan fingerprint density at radius 1 is 1.47 bits per heavy atom. The van der Waals surface area contributed by atoms with Gasteiger partial charge in [-0.05, 0) is 41.1 Å². The summed E-state index contributed by atoms with van der Waals surface area (Å²) >= 11 is 9.23. The quantitative estimate of drug-likeness (QED) is 0.841. The highest BCUT2D eigenvalue weighted by Crippen LogP contribution is 2.28. The highest BCUT2D eigenvalue weighted by atomic mass is 79.9. The van der Waals surface area contributed by atoms with Crippen molar-refractivity contribution in [2.75, 3.05) is 11.9 Å². The maximum absolute atomic E-state index is 9.59. The first-order valence-corrected chi connectivity index (χ1v) is 6.92. The van der Waals surface area contributed by atoms with Crippen LogP contribution in [0.3, 0.4) is 0 Å². The molecule has 1 fully saturated rings. The van der Waals surface area contributed by atoms with E-state index in [0.29, 0.717) is 21.4 Å². The Hall–Kier alpha value is -0.390. The van der Waals surface area contributed by atoms with Crippen molar-refractivity contribution in [3.05, 3.63) is 16.0 Å². The van der Waals surface area contributed by atoms with Crippen molar-refractivity contribution in [3.63, 3.8) is 0 Å². The minimum Gasteiger partial charge on any atom is -0.393 e. The molecule has 0 radical (unpaired) electrons. The van der Waals surface area contributed by atoms with E-state index in [1.165, 1.54) is 6.33 Å². The van der Waals surface area contributed by atoms with Gasteiger partial charge < -0.3 is 10.4 Å². The van der Waals surface area contributed by atoms with Crippen LogP contribution in [0.5, 0.6) is 0 Å². The van der Waals surface area contributed by atoms with E-state index >= 15 is 0 Å². The molecule has 1 aromatic rings. The molecule has 1 heterocycles. The van der Waals surface area contributed by atoms with Gasteiger partial charge in [0.2, 0.25) is 0 Å². The SMILES string of the molecule is OC1CCCC(CNc2ncnc(Cl)c2Br)C1. The van der Waals surface area contributed by atoms with E-state index in [1.807, 2.05) is 0 Å². The Morgan fingerprint density at radius 2 is 2.29 bits per heavy atom. The van der Waals surface area contributed by atoms with E-state index in [9.17, 15) is 5.11 Å². The summed E-state index contributed by atoms with van der Waals surface area (Å²) in [5.41, 5.74) is 0. The first-order chi connectivity index (χ1) is 8.16. The van der Waals surface area contributed by atoms with Crippen LogP contribution in [-0.4, -0.2) is 27.7 Å². The molecule has 4 nitrogen and oxygen atoms in total. The Labute approximate surface area is 114 Å². The number of nitrogens with zero attached hydrogens (tertiary/aromatic N) is 2. The van der Waals surface area contributed by atoms with E-state index in [2.05, 4.69) is 31.2 Å². The van der Waals surface area contributed by atoms with Gasteiger partial charge in [0, 0.05) is 6.54 Å². The van der Waals surface area contributed by atoms with E-state index in [-0.39, 0.29) is 6.10 Å². The summed E-state index contributed by atoms with van der Waals surface area (Å²) in [5, 5.41) is 13.3. The van der Waals surface area contributed by atoms with Gasteiger partial charge in [-0.15, -0.1) is 0 Å². The summed E-state index contributed by atoms with van der Waals surface area (Å²) in [6.07, 6.45) is 5.33. The Kier molecular flexibility index (Phi) is 4.59. The molecule has 1 saturated carbocycles. The number of aliphatic hydroxyl groups excluding tert-OH is 1. The fraction of sp³-hybridized carbons (Fsp3) is 0.636. The van der Waals surface area contributed by atoms with Gasteiger partial charge in [0.25, 0.3) is 0 Å². The van der Waals surface area contributed by atoms with Crippen LogP contribution in [0.2, 0.25) is 5.15 Å². The minimum absolute atomic E-state index is 0.145. The molecular formula is C11H15BrClN3O. The Bertz CT molecular complexity index is 391. The van der Waals surface area contributed by atoms with Crippen molar-refractivity contribution >= 4 is 33.3 Å². The number of nitrogens with one attached hydrogen (secondary N) is 1. The molecule has 6 heteroatoms. The predicted octanol–water partition coefficient (Wildman–Crippen LogP) is 2.86. The van der Waals surface area contributed by atoms with Crippen LogP contribution in [-0.2, 0) is 0 Å². The van der Waals surface area contributed by atoms with Crippen molar-refractivity contribution in [1.29, 1.82) is 0 Å². The Morgan fingerprint density at radius 3 is 3.06 bits per heavy atom. The van der Waals surface area contributed by atoms with Crippen LogP contribution in [0.15, 0.2) is 10.8 Å². The number of aliphatic hydroxyl groups is 1. The maximum atomic E-state index is 9.59. The third kappa shape index (κ3) is 3.53. The molecule has 94 valence electrons. The van der Waals surface area contributed by atoms with E-state index < -0.39 is 0 Å². The lowest BCUT2D eigenvalue weighted by Crippen LogP contribution is -2.25. The van der Waals surface area contributed by atoms with Gasteiger partial charge >= 0.3 is 0 Å². The number of aromatic nitrogens is 2. The summed E-state index contributed by atoms with van der Waals surface area (Å²) in [4.78, 5) is 8.00. The summed E-state index contributed by atoms with van der Waals surface area (Å²) in [5.74, 6) is 1.21. The molecular weight excluding hydrogens is 305 g/mol. The second kappa shape index (κ2) is 5.98.